The van der Waals surface area contributed by atoms with Crippen molar-refractivity contribution in [2.24, 2.45) is 0 Å². The van der Waals surface area contributed by atoms with Crippen molar-refractivity contribution in [3.05, 3.63) is 0 Å². The van der Waals surface area contributed by atoms with Crippen LogP contribution in [0.5, 0.6) is 0 Å². The molecule has 0 unspecified atom stereocenters. The molecular weight excluding hydrogens is 236 g/mol. The molecule has 0 aliphatic heterocycles. The van der Waals surface area contributed by atoms with E-state index in [1.54, 1.807) is 0 Å². The van der Waals surface area contributed by atoms with Gasteiger partial charge >= 0.3 is 0 Å². The minimum Gasteiger partial charge on any atom is -0.400 e. The van der Waals surface area contributed by atoms with E-state index < -0.39 is 0 Å². The highest BCUT2D eigenvalue weighted by Gasteiger charge is 1.92. The first-order valence-corrected chi connectivity index (χ1v) is 8.31. The molecule has 120 valence electrons. The van der Waals surface area contributed by atoms with Gasteiger partial charge < -0.3 is 10.2 Å². The molecule has 0 saturated carbocycles. The fourth-order valence-electron chi connectivity index (χ4n) is 2.09. The van der Waals surface area contributed by atoms with E-state index >= 15 is 0 Å². The van der Waals surface area contributed by atoms with Gasteiger partial charge in [-0.2, -0.15) is 0 Å². The maximum Gasteiger partial charge on any atom is 0.0319 e. The largest absolute Gasteiger partial charge is 0.400 e. The normalized spacial score (nSPS) is 9.16. The minimum absolute atomic E-state index is 1.00. The standard InChI is InChI=1S/C15H32.2CH4O/c1-3-5-7-9-11-13-15-14-12-10-8-6-4-2;2*1-2/h3-15H2,1-2H3;2*2H,1H3. The molecule has 0 aromatic heterocycles. The highest BCUT2D eigenvalue weighted by molar-refractivity contribution is 4.47. The van der Waals surface area contributed by atoms with Gasteiger partial charge in [0.1, 0.15) is 0 Å². The summed E-state index contributed by atoms with van der Waals surface area (Å²) in [5.74, 6) is 0. The highest BCUT2D eigenvalue weighted by Crippen LogP contribution is 2.12. The maximum atomic E-state index is 7.00. The van der Waals surface area contributed by atoms with Gasteiger partial charge in [0.25, 0.3) is 0 Å². The topological polar surface area (TPSA) is 40.5 Å². The number of hydrogen-bond acceptors (Lipinski definition) is 2. The first kappa shape index (κ1) is 24.0. The summed E-state index contributed by atoms with van der Waals surface area (Å²) in [6, 6.07) is 0. The Bertz CT molecular complexity index is 93.4. The van der Waals surface area contributed by atoms with Crippen LogP contribution in [-0.2, 0) is 0 Å². The van der Waals surface area contributed by atoms with Gasteiger partial charge in [0.2, 0.25) is 0 Å². The Morgan fingerprint density at radius 1 is 0.368 bits per heavy atom. The van der Waals surface area contributed by atoms with Crippen LogP contribution in [-0.4, -0.2) is 24.4 Å². The lowest BCUT2D eigenvalue weighted by Gasteiger charge is -2.01. The fraction of sp³-hybridized carbons (Fsp3) is 1.00. The van der Waals surface area contributed by atoms with Crippen molar-refractivity contribution in [3.8, 4) is 0 Å². The Hall–Kier alpha value is -0.0800. The second-order valence-electron chi connectivity index (χ2n) is 4.89. The molecule has 0 aliphatic carbocycles. The van der Waals surface area contributed by atoms with Crippen LogP contribution in [0.4, 0.5) is 0 Å². The molecule has 0 rings (SSSR count). The second-order valence-corrected chi connectivity index (χ2v) is 4.89. The van der Waals surface area contributed by atoms with Crippen LogP contribution >= 0.6 is 0 Å². The average Bonchev–Trinajstić information content (AvgIpc) is 2.49. The molecule has 0 atom stereocenters. The van der Waals surface area contributed by atoms with E-state index in [0.717, 1.165) is 14.2 Å². The number of aliphatic hydroxyl groups is 2. The predicted octanol–water partition coefficient (Wildman–Crippen LogP) is 5.31. The van der Waals surface area contributed by atoms with Crippen molar-refractivity contribution < 1.29 is 10.2 Å². The first-order valence-electron chi connectivity index (χ1n) is 8.31. The molecule has 2 N–H and O–H groups in total. The van der Waals surface area contributed by atoms with Crippen molar-refractivity contribution in [2.45, 2.75) is 97.3 Å². The van der Waals surface area contributed by atoms with Crippen molar-refractivity contribution in [1.82, 2.24) is 0 Å². The van der Waals surface area contributed by atoms with Crippen molar-refractivity contribution in [2.75, 3.05) is 14.2 Å². The summed E-state index contributed by atoms with van der Waals surface area (Å²) in [4.78, 5) is 0. The Morgan fingerprint density at radius 2 is 0.526 bits per heavy atom. The van der Waals surface area contributed by atoms with Crippen LogP contribution in [0.2, 0.25) is 0 Å². The zero-order valence-electron chi connectivity index (χ0n) is 14.1. The molecule has 0 aromatic carbocycles. The van der Waals surface area contributed by atoms with Crippen LogP contribution in [0.1, 0.15) is 97.3 Å². The number of unbranched alkanes of at least 4 members (excludes halogenated alkanes) is 12. The molecule has 0 aromatic rings. The minimum atomic E-state index is 1.00. The van der Waals surface area contributed by atoms with Crippen molar-refractivity contribution >= 4 is 0 Å². The SMILES string of the molecule is CCCCCCCCCCCCCCC.CO.CO. The van der Waals surface area contributed by atoms with Gasteiger partial charge in [0, 0.05) is 14.2 Å². The Balaban J connectivity index is -0.000000579. The van der Waals surface area contributed by atoms with Gasteiger partial charge in [-0.15, -0.1) is 0 Å². The Kier molecular flexibility index (Phi) is 38.8. The molecule has 2 heteroatoms. The summed E-state index contributed by atoms with van der Waals surface area (Å²) in [7, 11) is 2.00. The molecule has 0 fully saturated rings. The summed E-state index contributed by atoms with van der Waals surface area (Å²) in [6.07, 6.45) is 18.9. The van der Waals surface area contributed by atoms with Gasteiger partial charge in [-0.1, -0.05) is 97.3 Å². The molecule has 0 bridgehead atoms. The lowest BCUT2D eigenvalue weighted by atomic mass is 10.1. The maximum absolute atomic E-state index is 7.00. The van der Waals surface area contributed by atoms with Crippen LogP contribution < -0.4 is 0 Å². The quantitative estimate of drug-likeness (QED) is 0.474. The van der Waals surface area contributed by atoms with Crippen LogP contribution in [0.25, 0.3) is 0 Å². The molecule has 2 nitrogen and oxygen atoms in total. The molecular formula is C17H40O2. The number of aliphatic hydroxyl groups excluding tert-OH is 2. The third kappa shape index (κ3) is 32.0. The van der Waals surface area contributed by atoms with E-state index in [2.05, 4.69) is 13.8 Å². The monoisotopic (exact) mass is 276 g/mol. The fourth-order valence-corrected chi connectivity index (χ4v) is 2.09. The molecule has 0 saturated heterocycles. The first-order chi connectivity index (χ1) is 9.41. The average molecular weight is 277 g/mol. The summed E-state index contributed by atoms with van der Waals surface area (Å²) in [5.41, 5.74) is 0. The smallest absolute Gasteiger partial charge is 0.0319 e. The zero-order valence-corrected chi connectivity index (χ0v) is 14.1. The van der Waals surface area contributed by atoms with E-state index in [0.29, 0.717) is 0 Å². The Morgan fingerprint density at radius 3 is 0.684 bits per heavy atom. The van der Waals surface area contributed by atoms with E-state index in [-0.39, 0.29) is 0 Å². The summed E-state index contributed by atoms with van der Waals surface area (Å²) >= 11 is 0. The van der Waals surface area contributed by atoms with Crippen LogP contribution in [0.3, 0.4) is 0 Å². The van der Waals surface area contributed by atoms with Gasteiger partial charge in [0.05, 0.1) is 0 Å². The molecule has 0 aliphatic rings. The molecule has 0 amide bonds. The summed E-state index contributed by atoms with van der Waals surface area (Å²) in [5, 5.41) is 14.0. The molecule has 0 radical (unpaired) electrons. The van der Waals surface area contributed by atoms with E-state index in [9.17, 15) is 0 Å². The highest BCUT2D eigenvalue weighted by atomic mass is 16.2. The van der Waals surface area contributed by atoms with E-state index in [1.165, 1.54) is 83.5 Å². The number of rotatable bonds is 12. The molecule has 0 spiro atoms. The third-order valence-corrected chi connectivity index (χ3v) is 3.21. The molecule has 19 heavy (non-hydrogen) atoms. The van der Waals surface area contributed by atoms with Gasteiger partial charge in [-0.05, 0) is 0 Å². The van der Waals surface area contributed by atoms with E-state index in [4.69, 9.17) is 10.2 Å². The second kappa shape index (κ2) is 30.7. The van der Waals surface area contributed by atoms with Crippen molar-refractivity contribution in [3.63, 3.8) is 0 Å². The van der Waals surface area contributed by atoms with Gasteiger partial charge in [-0.3, -0.25) is 0 Å². The van der Waals surface area contributed by atoms with Crippen LogP contribution in [0.15, 0.2) is 0 Å². The predicted molar refractivity (Wildman–Crippen MR) is 87.7 cm³/mol. The molecule has 0 heterocycles. The van der Waals surface area contributed by atoms with Crippen LogP contribution in [0, 0.1) is 0 Å². The van der Waals surface area contributed by atoms with E-state index in [1.807, 2.05) is 0 Å². The summed E-state index contributed by atoms with van der Waals surface area (Å²) < 4.78 is 0. The number of hydrogen-bond donors (Lipinski definition) is 2. The lowest BCUT2D eigenvalue weighted by molar-refractivity contribution is 0.399. The summed E-state index contributed by atoms with van der Waals surface area (Å²) in [6.45, 7) is 4.58. The lowest BCUT2D eigenvalue weighted by Crippen LogP contribution is -1.82. The third-order valence-electron chi connectivity index (χ3n) is 3.21. The zero-order chi connectivity index (χ0) is 15.2. The van der Waals surface area contributed by atoms with Gasteiger partial charge in [-0.25, -0.2) is 0 Å². The van der Waals surface area contributed by atoms with Crippen molar-refractivity contribution in [1.29, 1.82) is 0 Å². The Labute approximate surface area is 122 Å². The van der Waals surface area contributed by atoms with Gasteiger partial charge in [0.15, 0.2) is 0 Å².